The molecule has 2 rings (SSSR count). The number of para-hydroxylation sites is 1. The minimum absolute atomic E-state index is 0.716. The molecular formula is C17H25N3O. The molecule has 21 heavy (non-hydrogen) atoms. The van der Waals surface area contributed by atoms with Crippen LogP contribution in [0.1, 0.15) is 23.4 Å². The largest absolute Gasteiger partial charge is 0.494 e. The van der Waals surface area contributed by atoms with Crippen molar-refractivity contribution < 1.29 is 4.74 Å². The fourth-order valence-corrected chi connectivity index (χ4v) is 2.48. The van der Waals surface area contributed by atoms with Crippen LogP contribution in [0.2, 0.25) is 0 Å². The molecule has 0 bridgehead atoms. The van der Waals surface area contributed by atoms with E-state index in [1.54, 1.807) is 0 Å². The van der Waals surface area contributed by atoms with Gasteiger partial charge in [-0.2, -0.15) is 5.10 Å². The predicted octanol–water partition coefficient (Wildman–Crippen LogP) is 2.73. The topological polar surface area (TPSA) is 39.1 Å². The van der Waals surface area contributed by atoms with E-state index in [0.29, 0.717) is 6.61 Å². The summed E-state index contributed by atoms with van der Waals surface area (Å²) in [4.78, 5) is 0. The van der Waals surface area contributed by atoms with Gasteiger partial charge in [0.25, 0.3) is 0 Å². The van der Waals surface area contributed by atoms with E-state index in [1.165, 1.54) is 11.3 Å². The van der Waals surface area contributed by atoms with Crippen molar-refractivity contribution in [2.24, 2.45) is 0 Å². The molecule has 0 fully saturated rings. The molecule has 0 atom stereocenters. The molecule has 1 aromatic carbocycles. The quantitative estimate of drug-likeness (QED) is 0.759. The molecule has 1 heterocycles. The highest BCUT2D eigenvalue weighted by molar-refractivity contribution is 5.25. The van der Waals surface area contributed by atoms with Crippen LogP contribution in [0, 0.1) is 13.8 Å². The Morgan fingerprint density at radius 3 is 2.67 bits per heavy atom. The summed E-state index contributed by atoms with van der Waals surface area (Å²) >= 11 is 0. The first-order valence-electron chi connectivity index (χ1n) is 7.57. The molecule has 0 radical (unpaired) electrons. The number of hydrogen-bond acceptors (Lipinski definition) is 3. The Labute approximate surface area is 127 Å². The number of nitrogens with zero attached hydrogens (tertiary/aromatic N) is 2. The minimum atomic E-state index is 0.716. The summed E-state index contributed by atoms with van der Waals surface area (Å²) in [5.74, 6) is 0.931. The standard InChI is InChI=1S/C17H25N3O/c1-14-17(10-11-18-3)15(2)20(19-14)12-7-13-21-16-8-5-4-6-9-16/h4-6,8-9,18H,7,10-13H2,1-3H3. The highest BCUT2D eigenvalue weighted by Crippen LogP contribution is 2.14. The average molecular weight is 287 g/mol. The SMILES string of the molecule is CNCCc1c(C)nn(CCCOc2ccccc2)c1C. The van der Waals surface area contributed by atoms with Gasteiger partial charge < -0.3 is 10.1 Å². The molecular weight excluding hydrogens is 262 g/mol. The summed E-state index contributed by atoms with van der Waals surface area (Å²) in [6, 6.07) is 9.95. The lowest BCUT2D eigenvalue weighted by Gasteiger charge is -2.08. The van der Waals surface area contributed by atoms with Crippen LogP contribution in [0.4, 0.5) is 0 Å². The number of ether oxygens (including phenoxy) is 1. The Morgan fingerprint density at radius 1 is 1.19 bits per heavy atom. The lowest BCUT2D eigenvalue weighted by molar-refractivity contribution is 0.298. The van der Waals surface area contributed by atoms with Gasteiger partial charge in [-0.3, -0.25) is 4.68 Å². The molecule has 4 nitrogen and oxygen atoms in total. The zero-order valence-corrected chi connectivity index (χ0v) is 13.2. The van der Waals surface area contributed by atoms with Gasteiger partial charge >= 0.3 is 0 Å². The van der Waals surface area contributed by atoms with E-state index < -0.39 is 0 Å². The minimum Gasteiger partial charge on any atom is -0.494 e. The van der Waals surface area contributed by atoms with Gasteiger partial charge in [0.1, 0.15) is 5.75 Å². The van der Waals surface area contributed by atoms with Gasteiger partial charge in [0.15, 0.2) is 0 Å². The summed E-state index contributed by atoms with van der Waals surface area (Å²) in [5, 5.41) is 7.83. The molecule has 0 spiro atoms. The molecule has 2 aromatic rings. The van der Waals surface area contributed by atoms with Gasteiger partial charge in [-0.05, 0) is 51.6 Å². The van der Waals surface area contributed by atoms with Crippen LogP contribution in [-0.2, 0) is 13.0 Å². The van der Waals surface area contributed by atoms with Gasteiger partial charge in [-0.1, -0.05) is 18.2 Å². The number of hydrogen-bond donors (Lipinski definition) is 1. The van der Waals surface area contributed by atoms with Crippen LogP contribution in [0.3, 0.4) is 0 Å². The third kappa shape index (κ3) is 4.33. The molecule has 114 valence electrons. The second-order valence-corrected chi connectivity index (χ2v) is 5.24. The Balaban J connectivity index is 1.83. The number of aryl methyl sites for hydroxylation is 2. The Hall–Kier alpha value is -1.81. The number of aromatic nitrogens is 2. The first-order chi connectivity index (χ1) is 10.2. The van der Waals surface area contributed by atoms with E-state index >= 15 is 0 Å². The molecule has 0 aliphatic heterocycles. The van der Waals surface area contributed by atoms with Gasteiger partial charge in [0, 0.05) is 18.7 Å². The van der Waals surface area contributed by atoms with Crippen LogP contribution >= 0.6 is 0 Å². The van der Waals surface area contributed by atoms with E-state index in [1.807, 2.05) is 37.4 Å². The van der Waals surface area contributed by atoms with Crippen molar-refractivity contribution in [1.29, 1.82) is 0 Å². The van der Waals surface area contributed by atoms with Crippen LogP contribution < -0.4 is 10.1 Å². The smallest absolute Gasteiger partial charge is 0.119 e. The van der Waals surface area contributed by atoms with Crippen molar-refractivity contribution in [3.8, 4) is 5.75 Å². The molecule has 0 aliphatic rings. The predicted molar refractivity (Wildman–Crippen MR) is 85.9 cm³/mol. The van der Waals surface area contributed by atoms with Crippen LogP contribution in [-0.4, -0.2) is 30.0 Å². The van der Waals surface area contributed by atoms with Crippen molar-refractivity contribution in [1.82, 2.24) is 15.1 Å². The summed E-state index contributed by atoms with van der Waals surface area (Å²) in [6.07, 6.45) is 2.00. The molecule has 0 amide bonds. The molecule has 4 heteroatoms. The number of benzene rings is 1. The third-order valence-corrected chi connectivity index (χ3v) is 3.68. The summed E-state index contributed by atoms with van der Waals surface area (Å²) < 4.78 is 7.82. The van der Waals surface area contributed by atoms with Crippen LogP contribution in [0.5, 0.6) is 5.75 Å². The fourth-order valence-electron chi connectivity index (χ4n) is 2.48. The van der Waals surface area contributed by atoms with Crippen LogP contribution in [0.15, 0.2) is 30.3 Å². The molecule has 1 aromatic heterocycles. The first kappa shape index (κ1) is 15.6. The van der Waals surface area contributed by atoms with Crippen molar-refractivity contribution in [2.45, 2.75) is 33.2 Å². The highest BCUT2D eigenvalue weighted by Gasteiger charge is 2.10. The lowest BCUT2D eigenvalue weighted by Crippen LogP contribution is -2.11. The van der Waals surface area contributed by atoms with Gasteiger partial charge in [0.05, 0.1) is 12.3 Å². The second kappa shape index (κ2) is 7.84. The van der Waals surface area contributed by atoms with Crippen molar-refractivity contribution in [2.75, 3.05) is 20.2 Å². The number of nitrogens with one attached hydrogen (secondary N) is 1. The Bertz CT molecular complexity index is 549. The Morgan fingerprint density at radius 2 is 1.95 bits per heavy atom. The maximum atomic E-state index is 5.72. The fraction of sp³-hybridized carbons (Fsp3) is 0.471. The summed E-state index contributed by atoms with van der Waals surface area (Å²) in [7, 11) is 1.98. The molecule has 0 saturated heterocycles. The van der Waals surface area contributed by atoms with Crippen LogP contribution in [0.25, 0.3) is 0 Å². The van der Waals surface area contributed by atoms with Gasteiger partial charge in [-0.15, -0.1) is 0 Å². The van der Waals surface area contributed by atoms with Crippen molar-refractivity contribution in [3.05, 3.63) is 47.3 Å². The number of likely N-dealkylation sites (N-methyl/N-ethyl adjacent to an activating group) is 1. The van der Waals surface area contributed by atoms with E-state index in [-0.39, 0.29) is 0 Å². The first-order valence-corrected chi connectivity index (χ1v) is 7.57. The van der Waals surface area contributed by atoms with E-state index in [2.05, 4.69) is 28.9 Å². The Kier molecular flexibility index (Phi) is 5.81. The summed E-state index contributed by atoms with van der Waals surface area (Å²) in [5.41, 5.74) is 3.79. The monoisotopic (exact) mass is 287 g/mol. The maximum absolute atomic E-state index is 5.72. The number of rotatable bonds is 8. The molecule has 0 aliphatic carbocycles. The normalized spacial score (nSPS) is 10.8. The zero-order chi connectivity index (χ0) is 15.1. The van der Waals surface area contributed by atoms with E-state index in [9.17, 15) is 0 Å². The van der Waals surface area contributed by atoms with Gasteiger partial charge in [-0.25, -0.2) is 0 Å². The van der Waals surface area contributed by atoms with E-state index in [0.717, 1.165) is 37.4 Å². The lowest BCUT2D eigenvalue weighted by atomic mass is 10.1. The molecule has 1 N–H and O–H groups in total. The molecule has 0 saturated carbocycles. The average Bonchev–Trinajstić information content (AvgIpc) is 2.77. The van der Waals surface area contributed by atoms with Crippen molar-refractivity contribution in [3.63, 3.8) is 0 Å². The zero-order valence-electron chi connectivity index (χ0n) is 13.2. The molecule has 0 unspecified atom stereocenters. The summed E-state index contributed by atoms with van der Waals surface area (Å²) in [6.45, 7) is 6.86. The highest BCUT2D eigenvalue weighted by atomic mass is 16.5. The van der Waals surface area contributed by atoms with Gasteiger partial charge in [0.2, 0.25) is 0 Å². The van der Waals surface area contributed by atoms with Crippen molar-refractivity contribution >= 4 is 0 Å². The van der Waals surface area contributed by atoms with E-state index in [4.69, 9.17) is 4.74 Å². The third-order valence-electron chi connectivity index (χ3n) is 3.68. The maximum Gasteiger partial charge on any atom is 0.119 e. The second-order valence-electron chi connectivity index (χ2n) is 5.24.